The van der Waals surface area contributed by atoms with Crippen molar-refractivity contribution in [2.75, 3.05) is 12.4 Å². The van der Waals surface area contributed by atoms with Crippen LogP contribution in [0.5, 0.6) is 0 Å². The number of ether oxygens (including phenoxy) is 2. The number of β-lactam (4-membered cyclic amide) rings is 1. The highest BCUT2D eigenvalue weighted by atomic mass is 32.2. The van der Waals surface area contributed by atoms with Gasteiger partial charge >= 0.3 is 11.9 Å². The molecule has 1 N–H and O–H groups in total. The Balaban J connectivity index is 1.90. The summed E-state index contributed by atoms with van der Waals surface area (Å²) < 4.78 is 10.5. The van der Waals surface area contributed by atoms with E-state index >= 15 is 0 Å². The predicted molar refractivity (Wildman–Crippen MR) is 112 cm³/mol. The van der Waals surface area contributed by atoms with E-state index < -0.39 is 34.2 Å². The van der Waals surface area contributed by atoms with Crippen LogP contribution in [0.4, 0.5) is 0 Å². The first kappa shape index (κ1) is 22.1. The van der Waals surface area contributed by atoms with E-state index in [2.05, 4.69) is 6.58 Å². The zero-order valence-electron chi connectivity index (χ0n) is 17.2. The number of rotatable bonds is 7. The van der Waals surface area contributed by atoms with Crippen LogP contribution in [-0.2, 0) is 30.5 Å². The Morgan fingerprint density at radius 1 is 1.30 bits per heavy atom. The lowest BCUT2D eigenvalue weighted by molar-refractivity contribution is -0.194. The van der Waals surface area contributed by atoms with Gasteiger partial charge in [-0.15, -0.1) is 18.3 Å². The molecule has 2 aliphatic heterocycles. The molecule has 1 aromatic rings. The fourth-order valence-corrected chi connectivity index (χ4v) is 5.01. The second kappa shape index (κ2) is 8.28. The number of fused-ring (bicyclic) bond motifs is 1. The van der Waals surface area contributed by atoms with Crippen LogP contribution < -0.4 is 0 Å². The minimum atomic E-state index is -1.70. The molecule has 7 nitrogen and oxygen atoms in total. The molecule has 1 saturated heterocycles. The van der Waals surface area contributed by atoms with Gasteiger partial charge in [-0.3, -0.25) is 14.5 Å². The highest BCUT2D eigenvalue weighted by Crippen LogP contribution is 2.53. The number of carbonyl (C=O) groups is 3. The first-order valence-electron chi connectivity index (χ1n) is 9.51. The van der Waals surface area contributed by atoms with Crippen LogP contribution >= 0.6 is 11.8 Å². The van der Waals surface area contributed by atoms with Crippen molar-refractivity contribution in [2.24, 2.45) is 5.41 Å². The largest absolute Gasteiger partial charge is 0.461 e. The summed E-state index contributed by atoms with van der Waals surface area (Å²) in [5, 5.41) is 10.5. The van der Waals surface area contributed by atoms with Crippen molar-refractivity contribution in [1.29, 1.82) is 0 Å². The van der Waals surface area contributed by atoms with E-state index in [1.165, 1.54) is 29.7 Å². The first-order valence-corrected chi connectivity index (χ1v) is 10.6. The number of carbonyl (C=O) groups excluding carboxylic acids is 3. The fraction of sp³-hybridized carbons (Fsp3) is 0.409. The summed E-state index contributed by atoms with van der Waals surface area (Å²) in [4.78, 5) is 38.6. The van der Waals surface area contributed by atoms with Crippen LogP contribution in [0.2, 0.25) is 0 Å². The summed E-state index contributed by atoms with van der Waals surface area (Å²) in [6, 6.07) is 9.16. The van der Waals surface area contributed by atoms with Crippen LogP contribution in [0.3, 0.4) is 0 Å². The number of nitrogens with zero attached hydrogens (tertiary/aromatic N) is 1. The lowest BCUT2D eigenvalue weighted by atomic mass is 9.68. The predicted octanol–water partition coefficient (Wildman–Crippen LogP) is 2.41. The molecule has 0 aromatic heterocycles. The molecule has 0 saturated carbocycles. The van der Waals surface area contributed by atoms with Crippen LogP contribution in [0, 0.1) is 5.41 Å². The Bertz CT molecular complexity index is 909. The molecule has 1 aromatic carbocycles. The van der Waals surface area contributed by atoms with Gasteiger partial charge in [0.25, 0.3) is 5.91 Å². The van der Waals surface area contributed by atoms with Gasteiger partial charge in [0.2, 0.25) is 0 Å². The van der Waals surface area contributed by atoms with Crippen LogP contribution in [0.25, 0.3) is 0 Å². The number of aliphatic hydroxyl groups is 1. The smallest absolute Gasteiger partial charge is 0.355 e. The third-order valence-corrected chi connectivity index (χ3v) is 6.86. The van der Waals surface area contributed by atoms with Gasteiger partial charge in [-0.1, -0.05) is 50.3 Å². The van der Waals surface area contributed by atoms with Gasteiger partial charge in [-0.2, -0.15) is 0 Å². The maximum atomic E-state index is 13.1. The van der Waals surface area contributed by atoms with Crippen molar-refractivity contribution < 1.29 is 29.0 Å². The summed E-state index contributed by atoms with van der Waals surface area (Å²) in [5.74, 6) is -1.48. The second-order valence-electron chi connectivity index (χ2n) is 7.82. The Morgan fingerprint density at radius 3 is 2.57 bits per heavy atom. The number of amides is 1. The normalized spacial score (nSPS) is 23.4. The second-order valence-corrected chi connectivity index (χ2v) is 8.89. The summed E-state index contributed by atoms with van der Waals surface area (Å²) >= 11 is 1.31. The van der Waals surface area contributed by atoms with Crippen molar-refractivity contribution in [3.8, 4) is 0 Å². The molecule has 2 aliphatic rings. The van der Waals surface area contributed by atoms with Crippen LogP contribution in [0.15, 0.2) is 54.3 Å². The molecule has 1 fully saturated rings. The molecule has 0 radical (unpaired) electrons. The molecular weight excluding hydrogens is 406 g/mol. The van der Waals surface area contributed by atoms with Crippen molar-refractivity contribution >= 4 is 29.6 Å². The number of hydrogen-bond acceptors (Lipinski definition) is 7. The van der Waals surface area contributed by atoms with Crippen molar-refractivity contribution in [2.45, 2.75) is 38.4 Å². The van der Waals surface area contributed by atoms with Crippen molar-refractivity contribution in [1.82, 2.24) is 4.90 Å². The number of esters is 2. The van der Waals surface area contributed by atoms with E-state index in [4.69, 9.17) is 9.47 Å². The topological polar surface area (TPSA) is 93.1 Å². The summed E-state index contributed by atoms with van der Waals surface area (Å²) in [6.07, 6.45) is 1.54. The molecule has 30 heavy (non-hydrogen) atoms. The Kier molecular flexibility index (Phi) is 6.10. The Morgan fingerprint density at radius 2 is 1.97 bits per heavy atom. The Hall–Kier alpha value is -2.58. The number of hydrogen-bond donors (Lipinski definition) is 1. The standard InChI is InChI=1S/C22H25NO6S/c1-5-21(3,4)22(27)19(26)23-17(16(12-28-14(2)24)13-30-20(22)23)18(25)29-11-15-9-7-6-8-10-15/h5-10,20,27H,1,11-13H2,2-4H3/t20-,22-/m1/s1. The quantitative estimate of drug-likeness (QED) is 0.403. The lowest BCUT2D eigenvalue weighted by Crippen LogP contribution is -2.78. The van der Waals surface area contributed by atoms with Gasteiger partial charge < -0.3 is 14.6 Å². The van der Waals surface area contributed by atoms with Crippen LogP contribution in [0.1, 0.15) is 26.3 Å². The van der Waals surface area contributed by atoms with Gasteiger partial charge in [0, 0.05) is 23.7 Å². The SMILES string of the molecule is C=CC(C)(C)[C@@]1(O)C(=O)N2C(C(=O)OCc3ccccc3)=C(COC(C)=O)CS[C@@H]21. The molecule has 2 heterocycles. The lowest BCUT2D eigenvalue weighted by Gasteiger charge is -2.59. The highest BCUT2D eigenvalue weighted by Gasteiger charge is 2.69. The molecule has 3 rings (SSSR count). The van der Waals surface area contributed by atoms with Crippen molar-refractivity contribution in [3.05, 3.63) is 59.8 Å². The number of thioether (sulfide) groups is 1. The molecule has 160 valence electrons. The van der Waals surface area contributed by atoms with Gasteiger partial charge in [0.1, 0.15) is 24.3 Å². The fourth-order valence-electron chi connectivity index (χ4n) is 3.43. The van der Waals surface area contributed by atoms with Crippen LogP contribution in [-0.4, -0.2) is 51.2 Å². The molecule has 0 aliphatic carbocycles. The summed E-state index contributed by atoms with van der Waals surface area (Å²) in [5.41, 5.74) is -1.29. The van der Waals surface area contributed by atoms with Gasteiger partial charge in [-0.25, -0.2) is 4.79 Å². The molecule has 1 amide bonds. The molecule has 2 atom stereocenters. The monoisotopic (exact) mass is 431 g/mol. The van der Waals surface area contributed by atoms with E-state index in [0.717, 1.165) is 5.56 Å². The molecule has 0 unspecified atom stereocenters. The molecule has 8 heteroatoms. The zero-order valence-corrected chi connectivity index (χ0v) is 18.0. The van der Waals surface area contributed by atoms with Gasteiger partial charge in [0.05, 0.1) is 0 Å². The maximum absolute atomic E-state index is 13.1. The summed E-state index contributed by atoms with van der Waals surface area (Å²) in [6.45, 7) is 8.36. The Labute approximate surface area is 179 Å². The maximum Gasteiger partial charge on any atom is 0.355 e. The van der Waals surface area contributed by atoms with Crippen molar-refractivity contribution in [3.63, 3.8) is 0 Å². The van der Waals surface area contributed by atoms with E-state index in [-0.39, 0.29) is 18.9 Å². The third kappa shape index (κ3) is 3.65. The first-order chi connectivity index (χ1) is 14.1. The average Bonchev–Trinajstić information content (AvgIpc) is 2.74. The molecule has 0 bridgehead atoms. The highest BCUT2D eigenvalue weighted by molar-refractivity contribution is 8.00. The van der Waals surface area contributed by atoms with E-state index in [1.54, 1.807) is 13.8 Å². The zero-order chi connectivity index (χ0) is 22.1. The molecule has 0 spiro atoms. The number of benzene rings is 1. The van der Waals surface area contributed by atoms with E-state index in [0.29, 0.717) is 11.3 Å². The minimum Gasteiger partial charge on any atom is -0.461 e. The third-order valence-electron chi connectivity index (χ3n) is 5.48. The summed E-state index contributed by atoms with van der Waals surface area (Å²) in [7, 11) is 0. The average molecular weight is 432 g/mol. The van der Waals surface area contributed by atoms with E-state index in [9.17, 15) is 19.5 Å². The molecular formula is C22H25NO6S. The van der Waals surface area contributed by atoms with Gasteiger partial charge in [0.15, 0.2) is 5.60 Å². The van der Waals surface area contributed by atoms with E-state index in [1.807, 2.05) is 30.3 Å². The minimum absolute atomic E-state index is 0.0328. The van der Waals surface area contributed by atoms with Gasteiger partial charge in [-0.05, 0) is 5.56 Å².